The maximum Gasteiger partial charge on any atom is 0.330 e. The summed E-state index contributed by atoms with van der Waals surface area (Å²) in [6.07, 6.45) is 9.54. The Morgan fingerprint density at radius 1 is 1.25 bits per heavy atom. The van der Waals surface area contributed by atoms with Crippen molar-refractivity contribution in [1.29, 1.82) is 0 Å². The fourth-order valence-electron chi connectivity index (χ4n) is 1.68. The molecule has 0 N–H and O–H groups in total. The maximum absolute atomic E-state index is 11.0. The molecule has 0 unspecified atom stereocenters. The zero-order valence-electron chi connectivity index (χ0n) is 11.1. The van der Waals surface area contributed by atoms with Gasteiger partial charge in [0.1, 0.15) is 18.1 Å². The zero-order valence-corrected chi connectivity index (χ0v) is 11.1. The summed E-state index contributed by atoms with van der Waals surface area (Å²) in [5, 5.41) is 0. The molecule has 3 heteroatoms. The molecule has 1 aromatic rings. The van der Waals surface area contributed by atoms with Crippen LogP contribution in [0.2, 0.25) is 0 Å². The van der Waals surface area contributed by atoms with Gasteiger partial charge in [-0.3, -0.25) is 0 Å². The van der Waals surface area contributed by atoms with Gasteiger partial charge in [-0.1, -0.05) is 43.0 Å². The molecule has 3 nitrogen and oxygen atoms in total. The number of esters is 1. The Morgan fingerprint density at radius 3 is 2.80 bits per heavy atom. The molecule has 0 fully saturated rings. The average molecular weight is 268 g/mol. The Balaban J connectivity index is 1.98. The van der Waals surface area contributed by atoms with Gasteiger partial charge in [-0.15, -0.1) is 0 Å². The van der Waals surface area contributed by atoms with Gasteiger partial charge >= 0.3 is 5.97 Å². The highest BCUT2D eigenvalue weighted by atomic mass is 16.5. The molecule has 0 heterocycles. The third kappa shape index (κ3) is 4.28. The molecule has 2 rings (SSSR count). The normalized spacial score (nSPS) is 13.8. The van der Waals surface area contributed by atoms with Crippen LogP contribution in [0.4, 0.5) is 0 Å². The Kier molecular flexibility index (Phi) is 4.95. The molecule has 0 amide bonds. The van der Waals surface area contributed by atoms with Crippen molar-refractivity contribution in [2.24, 2.45) is 0 Å². The van der Waals surface area contributed by atoms with Gasteiger partial charge in [-0.25, -0.2) is 4.79 Å². The number of rotatable bonds is 5. The van der Waals surface area contributed by atoms with Crippen LogP contribution < -0.4 is 4.74 Å². The predicted molar refractivity (Wildman–Crippen MR) is 78.1 cm³/mol. The molecule has 0 radical (unpaired) electrons. The third-order valence-corrected chi connectivity index (χ3v) is 2.67. The summed E-state index contributed by atoms with van der Waals surface area (Å²) >= 11 is 0. The van der Waals surface area contributed by atoms with Gasteiger partial charge < -0.3 is 9.47 Å². The number of hydrogen-bond acceptors (Lipinski definition) is 3. The van der Waals surface area contributed by atoms with Crippen molar-refractivity contribution < 1.29 is 14.3 Å². The van der Waals surface area contributed by atoms with E-state index in [1.807, 2.05) is 54.6 Å². The van der Waals surface area contributed by atoms with E-state index in [9.17, 15) is 4.79 Å². The van der Waals surface area contributed by atoms with E-state index in [0.29, 0.717) is 6.42 Å². The highest BCUT2D eigenvalue weighted by Crippen LogP contribution is 2.18. The van der Waals surface area contributed by atoms with Crippen LogP contribution in [0.3, 0.4) is 0 Å². The first kappa shape index (κ1) is 13.9. The second kappa shape index (κ2) is 7.14. The molecule has 0 aromatic heterocycles. The summed E-state index contributed by atoms with van der Waals surface area (Å²) in [6, 6.07) is 9.62. The van der Waals surface area contributed by atoms with Gasteiger partial charge in [0.05, 0.1) is 0 Å². The summed E-state index contributed by atoms with van der Waals surface area (Å²) in [5.74, 6) is 1.23. The molecule has 1 aliphatic rings. The molecule has 102 valence electrons. The monoisotopic (exact) mass is 268 g/mol. The van der Waals surface area contributed by atoms with Crippen LogP contribution in [-0.4, -0.2) is 12.6 Å². The van der Waals surface area contributed by atoms with Gasteiger partial charge in [0, 0.05) is 12.5 Å². The number of hydrogen-bond donors (Lipinski definition) is 0. The number of allylic oxidation sites excluding steroid dienone is 3. The molecule has 20 heavy (non-hydrogen) atoms. The lowest BCUT2D eigenvalue weighted by atomic mass is 10.2. The molecule has 0 bridgehead atoms. The topological polar surface area (TPSA) is 35.5 Å². The number of para-hydroxylation sites is 1. The lowest BCUT2D eigenvalue weighted by Crippen LogP contribution is -2.02. The van der Waals surface area contributed by atoms with Crippen molar-refractivity contribution in [3.63, 3.8) is 0 Å². The average Bonchev–Trinajstić information content (AvgIpc) is 2.71. The van der Waals surface area contributed by atoms with E-state index in [-0.39, 0.29) is 6.61 Å². The largest absolute Gasteiger partial charge is 0.461 e. The molecule has 1 aliphatic carbocycles. The first-order valence-electron chi connectivity index (χ1n) is 6.36. The van der Waals surface area contributed by atoms with Crippen molar-refractivity contribution in [2.75, 3.05) is 6.61 Å². The van der Waals surface area contributed by atoms with Crippen LogP contribution >= 0.6 is 0 Å². The lowest BCUT2D eigenvalue weighted by molar-refractivity contribution is -0.136. The Hall–Kier alpha value is -2.55. The lowest BCUT2D eigenvalue weighted by Gasteiger charge is -2.06. The third-order valence-electron chi connectivity index (χ3n) is 2.67. The van der Waals surface area contributed by atoms with E-state index < -0.39 is 5.97 Å². The first-order chi connectivity index (χ1) is 9.78. The van der Waals surface area contributed by atoms with E-state index in [2.05, 4.69) is 6.58 Å². The summed E-state index contributed by atoms with van der Waals surface area (Å²) in [5.41, 5.74) is 0.909. The van der Waals surface area contributed by atoms with E-state index >= 15 is 0 Å². The smallest absolute Gasteiger partial charge is 0.330 e. The van der Waals surface area contributed by atoms with Crippen molar-refractivity contribution in [2.45, 2.75) is 6.42 Å². The fourth-order valence-corrected chi connectivity index (χ4v) is 1.68. The number of ether oxygens (including phenoxy) is 2. The van der Waals surface area contributed by atoms with Crippen molar-refractivity contribution >= 4 is 5.97 Å². The van der Waals surface area contributed by atoms with Gasteiger partial charge in [0.25, 0.3) is 0 Å². The standard InChI is InChI=1S/C17H16O3/c1-2-17(18)19-13-14-7-6-10-16(12-11-14)20-15-8-4-3-5-9-15/h2-9,11-12H,1,10,13H2. The SMILES string of the molecule is C=CC(=O)OCC1=CC=C(Oc2ccccc2)CC=C1. The van der Waals surface area contributed by atoms with Gasteiger partial charge in [-0.2, -0.15) is 0 Å². The van der Waals surface area contributed by atoms with E-state index in [0.717, 1.165) is 23.2 Å². The van der Waals surface area contributed by atoms with Crippen molar-refractivity contribution in [1.82, 2.24) is 0 Å². The van der Waals surface area contributed by atoms with Crippen LogP contribution in [-0.2, 0) is 9.53 Å². The van der Waals surface area contributed by atoms with Gasteiger partial charge in [0.15, 0.2) is 0 Å². The minimum atomic E-state index is -0.423. The molecule has 0 saturated heterocycles. The molecule has 1 aromatic carbocycles. The molecule has 0 saturated carbocycles. The molecule has 0 spiro atoms. The van der Waals surface area contributed by atoms with Crippen molar-refractivity contribution in [3.05, 3.63) is 78.6 Å². The molecule has 0 atom stereocenters. The highest BCUT2D eigenvalue weighted by molar-refractivity contribution is 5.81. The Morgan fingerprint density at radius 2 is 2.05 bits per heavy atom. The zero-order chi connectivity index (χ0) is 14.2. The minimum Gasteiger partial charge on any atom is -0.461 e. The van der Waals surface area contributed by atoms with Crippen molar-refractivity contribution in [3.8, 4) is 5.75 Å². The second-order valence-electron chi connectivity index (χ2n) is 4.21. The van der Waals surface area contributed by atoms with E-state index in [1.165, 1.54) is 0 Å². The van der Waals surface area contributed by atoms with Crippen LogP contribution in [0.15, 0.2) is 78.6 Å². The maximum atomic E-state index is 11.0. The first-order valence-corrected chi connectivity index (χ1v) is 6.36. The number of carbonyl (C=O) groups excluding carboxylic acids is 1. The number of carbonyl (C=O) groups is 1. The quantitative estimate of drug-likeness (QED) is 0.605. The second-order valence-corrected chi connectivity index (χ2v) is 4.21. The van der Waals surface area contributed by atoms with Crippen LogP contribution in [0.5, 0.6) is 5.75 Å². The van der Waals surface area contributed by atoms with Crippen LogP contribution in [0, 0.1) is 0 Å². The fraction of sp³-hybridized carbons (Fsp3) is 0.118. The van der Waals surface area contributed by atoms with Gasteiger partial charge in [0.2, 0.25) is 0 Å². The minimum absolute atomic E-state index is 0.233. The van der Waals surface area contributed by atoms with Crippen LogP contribution in [0.25, 0.3) is 0 Å². The summed E-state index contributed by atoms with van der Waals surface area (Å²) in [4.78, 5) is 11.0. The van der Waals surface area contributed by atoms with Gasteiger partial charge in [-0.05, 0) is 23.8 Å². The Labute approximate surface area is 118 Å². The number of benzene rings is 1. The summed E-state index contributed by atoms with van der Waals surface area (Å²) in [6.45, 7) is 3.59. The van der Waals surface area contributed by atoms with E-state index in [4.69, 9.17) is 9.47 Å². The molecular formula is C17H16O3. The predicted octanol–water partition coefficient (Wildman–Crippen LogP) is 3.56. The molecule has 0 aliphatic heterocycles. The van der Waals surface area contributed by atoms with Crippen LogP contribution in [0.1, 0.15) is 6.42 Å². The summed E-state index contributed by atoms with van der Waals surface area (Å²) < 4.78 is 10.8. The molecular weight excluding hydrogens is 252 g/mol. The van der Waals surface area contributed by atoms with E-state index in [1.54, 1.807) is 0 Å². The Bertz CT molecular complexity index is 565. The summed E-state index contributed by atoms with van der Waals surface area (Å²) in [7, 11) is 0. The highest BCUT2D eigenvalue weighted by Gasteiger charge is 2.03.